The largest absolute Gasteiger partial charge is 0.391 e. The normalized spacial score (nSPS) is 22.5. The van der Waals surface area contributed by atoms with E-state index >= 15 is 0 Å². The van der Waals surface area contributed by atoms with Gasteiger partial charge < -0.3 is 41.1 Å². The zero-order chi connectivity index (χ0) is 43.1. The van der Waals surface area contributed by atoms with E-state index in [0.29, 0.717) is 44.2 Å². The van der Waals surface area contributed by atoms with Crippen LogP contribution >= 0.6 is 11.6 Å². The van der Waals surface area contributed by atoms with E-state index in [2.05, 4.69) is 21.3 Å². The average Bonchev–Trinajstić information content (AvgIpc) is 3.84. The van der Waals surface area contributed by atoms with Gasteiger partial charge in [-0.05, 0) is 95.9 Å². The summed E-state index contributed by atoms with van der Waals surface area (Å²) in [6.07, 6.45) is 1.51. The molecule has 0 aromatic heterocycles. The molecule has 0 saturated carbocycles. The number of halogens is 2. The molecular weight excluding hydrogens is 785 g/mol. The van der Waals surface area contributed by atoms with Gasteiger partial charge in [0.1, 0.15) is 36.0 Å². The first kappa shape index (κ1) is 45.0. The molecule has 0 spiro atoms. The van der Waals surface area contributed by atoms with Crippen molar-refractivity contribution in [1.29, 1.82) is 0 Å². The molecule has 7 amide bonds. The van der Waals surface area contributed by atoms with Gasteiger partial charge in [-0.25, -0.2) is 9.18 Å². The number of rotatable bonds is 13. The Bertz CT molecular complexity index is 1930. The Kier molecular flexibility index (Phi) is 15.1. The molecule has 320 valence electrons. The quantitative estimate of drug-likeness (QED) is 0.203. The van der Waals surface area contributed by atoms with Gasteiger partial charge in [-0.3, -0.25) is 28.8 Å². The average molecular weight is 840 g/mol. The molecule has 17 heteroatoms. The van der Waals surface area contributed by atoms with Crippen LogP contribution in [0.15, 0.2) is 42.5 Å². The standard InChI is InChI=1S/C42H55ClFN7O8/c1-23-10-8-11-28(18-23)20-32(47-42(59)46-29-14-15-30(43)31(44)21-29)37(54)48-36(27(5)53)41(58)50-17-9-13-34(50)40(57)49-16-7-6-12-33(49)38(55)45-25(3)39(56)51-22-24(2)19-35(51)26(4)52/h8,10-11,14-15,18,21,24-25,27,32-36,53H,6-7,9,12-13,16-17,19-20,22H2,1-5H3,(H,45,55)(H,48,54)(H2,46,47,59)/t24-,25+,27+,32+,33+,34+,35+,36+/m1/s1. The maximum atomic E-state index is 14.3. The van der Waals surface area contributed by atoms with Crippen molar-refractivity contribution in [3.63, 3.8) is 0 Å². The Morgan fingerprint density at radius 2 is 1.58 bits per heavy atom. The van der Waals surface area contributed by atoms with Gasteiger partial charge in [0, 0.05) is 31.7 Å². The SMILES string of the molecule is CC(=O)[C@@H]1C[C@@H](C)CN1C(=O)[C@H](C)NC(=O)[C@@H]1CCCCN1C(=O)[C@@H]1CCCN1C(=O)[C@@H](NC(=O)[C@H](Cc1cccc(C)c1)NC(=O)Nc1ccc(Cl)c(F)c1)[C@H](C)O. The third kappa shape index (κ3) is 11.1. The monoisotopic (exact) mass is 839 g/mol. The molecule has 0 radical (unpaired) electrons. The van der Waals surface area contributed by atoms with Gasteiger partial charge in [-0.1, -0.05) is 48.4 Å². The Balaban J connectivity index is 1.28. The number of Topliss-reactive ketones (excluding diaryl/α,β-unsaturated/α-hetero) is 1. The van der Waals surface area contributed by atoms with Crippen LogP contribution in [-0.2, 0) is 35.2 Å². The lowest BCUT2D eigenvalue weighted by molar-refractivity contribution is -0.152. The van der Waals surface area contributed by atoms with Gasteiger partial charge in [0.25, 0.3) is 0 Å². The third-order valence-corrected chi connectivity index (χ3v) is 11.6. The van der Waals surface area contributed by atoms with Crippen LogP contribution in [0.25, 0.3) is 0 Å². The smallest absolute Gasteiger partial charge is 0.319 e. The minimum Gasteiger partial charge on any atom is -0.391 e. The second kappa shape index (κ2) is 19.8. The number of anilines is 1. The van der Waals surface area contributed by atoms with Gasteiger partial charge in [0.05, 0.1) is 17.2 Å². The number of piperidine rings is 1. The number of hydrogen-bond acceptors (Lipinski definition) is 8. The summed E-state index contributed by atoms with van der Waals surface area (Å²) in [7, 11) is 0. The van der Waals surface area contributed by atoms with E-state index < -0.39 is 77.8 Å². The Hall–Kier alpha value is -5.09. The number of nitrogens with one attached hydrogen (secondary N) is 4. The van der Waals surface area contributed by atoms with Crippen LogP contribution in [0.5, 0.6) is 0 Å². The van der Waals surface area contributed by atoms with Crippen LogP contribution in [0.2, 0.25) is 5.02 Å². The topological polar surface area (TPSA) is 198 Å². The van der Waals surface area contributed by atoms with Crippen molar-refractivity contribution in [1.82, 2.24) is 30.7 Å². The minimum atomic E-state index is -1.51. The van der Waals surface area contributed by atoms with Crippen molar-refractivity contribution in [2.24, 2.45) is 5.92 Å². The molecule has 3 saturated heterocycles. The lowest BCUT2D eigenvalue weighted by Gasteiger charge is -2.39. The summed E-state index contributed by atoms with van der Waals surface area (Å²) in [6.45, 7) is 8.98. The predicted molar refractivity (Wildman–Crippen MR) is 218 cm³/mol. The van der Waals surface area contributed by atoms with Gasteiger partial charge in [0.15, 0.2) is 5.78 Å². The zero-order valence-electron chi connectivity index (χ0n) is 34.1. The molecule has 0 aliphatic carbocycles. The van der Waals surface area contributed by atoms with Gasteiger partial charge >= 0.3 is 6.03 Å². The highest BCUT2D eigenvalue weighted by Gasteiger charge is 2.45. The number of ketones is 1. The molecule has 3 aliphatic heterocycles. The summed E-state index contributed by atoms with van der Waals surface area (Å²) >= 11 is 5.77. The number of aliphatic hydroxyl groups is 1. The van der Waals surface area contributed by atoms with E-state index in [9.17, 15) is 43.1 Å². The van der Waals surface area contributed by atoms with E-state index in [0.717, 1.165) is 11.6 Å². The predicted octanol–water partition coefficient (Wildman–Crippen LogP) is 3.09. The molecule has 8 atom stereocenters. The Labute approximate surface area is 348 Å². The first-order valence-electron chi connectivity index (χ1n) is 20.2. The number of urea groups is 1. The van der Waals surface area contributed by atoms with Crippen molar-refractivity contribution in [2.75, 3.05) is 25.0 Å². The number of carbonyl (C=O) groups is 7. The first-order valence-corrected chi connectivity index (χ1v) is 20.6. The van der Waals surface area contributed by atoms with E-state index in [1.807, 2.05) is 26.0 Å². The van der Waals surface area contributed by atoms with E-state index in [4.69, 9.17) is 11.6 Å². The van der Waals surface area contributed by atoms with Crippen LogP contribution < -0.4 is 21.3 Å². The fourth-order valence-corrected chi connectivity index (χ4v) is 8.36. The summed E-state index contributed by atoms with van der Waals surface area (Å²) in [4.78, 5) is 99.2. The molecule has 15 nitrogen and oxygen atoms in total. The highest BCUT2D eigenvalue weighted by Crippen LogP contribution is 2.27. The van der Waals surface area contributed by atoms with Crippen molar-refractivity contribution in [2.45, 2.75) is 122 Å². The van der Waals surface area contributed by atoms with Crippen LogP contribution in [0.4, 0.5) is 14.9 Å². The molecule has 3 aliphatic rings. The summed E-state index contributed by atoms with van der Waals surface area (Å²) < 4.78 is 14.1. The van der Waals surface area contributed by atoms with Crippen molar-refractivity contribution in [3.05, 3.63) is 64.4 Å². The number of nitrogens with zero attached hydrogens (tertiary/aromatic N) is 3. The maximum Gasteiger partial charge on any atom is 0.319 e. The van der Waals surface area contributed by atoms with Gasteiger partial charge in [-0.2, -0.15) is 0 Å². The number of benzene rings is 2. The van der Waals surface area contributed by atoms with E-state index in [1.165, 1.54) is 40.7 Å². The number of amides is 7. The lowest BCUT2D eigenvalue weighted by atomic mass is 9.99. The fourth-order valence-electron chi connectivity index (χ4n) is 8.25. The molecule has 5 rings (SSSR count). The molecule has 2 aromatic carbocycles. The highest BCUT2D eigenvalue weighted by atomic mass is 35.5. The van der Waals surface area contributed by atoms with Crippen LogP contribution in [-0.4, -0.2) is 123 Å². The second-order valence-electron chi connectivity index (χ2n) is 16.1. The van der Waals surface area contributed by atoms with Crippen LogP contribution in [0.3, 0.4) is 0 Å². The Morgan fingerprint density at radius 3 is 2.25 bits per heavy atom. The van der Waals surface area contributed by atoms with Gasteiger partial charge in [0.2, 0.25) is 29.5 Å². The number of likely N-dealkylation sites (tertiary alicyclic amines) is 3. The number of hydrogen-bond donors (Lipinski definition) is 5. The van der Waals surface area contributed by atoms with Crippen LogP contribution in [0.1, 0.15) is 77.3 Å². The molecular formula is C42H55ClFN7O8. The molecule has 0 bridgehead atoms. The summed E-state index contributed by atoms with van der Waals surface area (Å²) in [5, 5.41) is 21.2. The number of aliphatic hydroxyl groups excluding tert-OH is 1. The van der Waals surface area contributed by atoms with Crippen molar-refractivity contribution < 1.29 is 43.1 Å². The third-order valence-electron chi connectivity index (χ3n) is 11.3. The summed E-state index contributed by atoms with van der Waals surface area (Å²) in [5.41, 5.74) is 1.68. The number of carbonyl (C=O) groups excluding carboxylic acids is 7. The van der Waals surface area contributed by atoms with E-state index in [-0.39, 0.29) is 54.2 Å². The van der Waals surface area contributed by atoms with Gasteiger partial charge in [-0.15, -0.1) is 0 Å². The fraction of sp³-hybridized carbons (Fsp3) is 0.548. The molecule has 59 heavy (non-hydrogen) atoms. The van der Waals surface area contributed by atoms with Crippen molar-refractivity contribution in [3.8, 4) is 0 Å². The molecule has 3 fully saturated rings. The zero-order valence-corrected chi connectivity index (χ0v) is 34.9. The summed E-state index contributed by atoms with van der Waals surface area (Å²) in [5.74, 6) is -3.57. The second-order valence-corrected chi connectivity index (χ2v) is 16.5. The highest BCUT2D eigenvalue weighted by molar-refractivity contribution is 6.30. The maximum absolute atomic E-state index is 14.3. The minimum absolute atomic E-state index is 0.00144. The van der Waals surface area contributed by atoms with E-state index in [1.54, 1.807) is 19.1 Å². The molecule has 3 heterocycles. The lowest BCUT2D eigenvalue weighted by Crippen LogP contribution is -2.62. The van der Waals surface area contributed by atoms with Crippen LogP contribution in [0, 0.1) is 18.7 Å². The Morgan fingerprint density at radius 1 is 0.864 bits per heavy atom. The number of aryl methyl sites for hydroxylation is 1. The molecule has 5 N–H and O–H groups in total. The van der Waals surface area contributed by atoms with Crippen molar-refractivity contribution >= 4 is 58.6 Å². The molecule has 2 aromatic rings. The summed E-state index contributed by atoms with van der Waals surface area (Å²) in [6, 6.07) is 3.95. The molecule has 0 unspecified atom stereocenters. The first-order chi connectivity index (χ1) is 27.9.